The van der Waals surface area contributed by atoms with Gasteiger partial charge < -0.3 is 30.2 Å². The molecule has 36 heavy (non-hydrogen) atoms. The lowest BCUT2D eigenvalue weighted by atomic mass is 10.0. The molecule has 11 heteroatoms. The second kappa shape index (κ2) is 9.38. The highest BCUT2D eigenvalue weighted by atomic mass is 19.1. The van der Waals surface area contributed by atoms with Gasteiger partial charge in [-0.1, -0.05) is 0 Å². The van der Waals surface area contributed by atoms with Crippen molar-refractivity contribution in [1.82, 2.24) is 25.2 Å². The first kappa shape index (κ1) is 24.0. The van der Waals surface area contributed by atoms with Crippen LogP contribution in [0.25, 0.3) is 22.3 Å². The molecule has 3 heterocycles. The molecular weight excluding hydrogens is 469 g/mol. The number of benzene rings is 1. The molecule has 0 spiro atoms. The van der Waals surface area contributed by atoms with Gasteiger partial charge in [-0.05, 0) is 50.7 Å². The van der Waals surface area contributed by atoms with E-state index in [-0.39, 0.29) is 25.3 Å². The molecule has 2 atom stereocenters. The predicted molar refractivity (Wildman–Crippen MR) is 128 cm³/mol. The van der Waals surface area contributed by atoms with E-state index in [9.17, 15) is 19.1 Å². The minimum atomic E-state index is -1.10. The summed E-state index contributed by atoms with van der Waals surface area (Å²) in [5.41, 5.74) is 3.31. The van der Waals surface area contributed by atoms with Crippen LogP contribution in [0.2, 0.25) is 0 Å². The molecule has 190 valence electrons. The molecule has 5 rings (SSSR count). The van der Waals surface area contributed by atoms with Gasteiger partial charge in [-0.3, -0.25) is 4.79 Å². The third kappa shape index (κ3) is 4.58. The number of ether oxygens (including phenoxy) is 1. The van der Waals surface area contributed by atoms with Crippen molar-refractivity contribution in [2.75, 3.05) is 19.7 Å². The number of hydrogen-bond acceptors (Lipinski definition) is 6. The number of amides is 2. The number of carboxylic acid groups (broad SMARTS) is 1. The molecule has 4 N–H and O–H groups in total. The second-order valence-electron chi connectivity index (χ2n) is 9.59. The largest absolute Gasteiger partial charge is 0.492 e. The lowest BCUT2D eigenvalue weighted by Gasteiger charge is -2.34. The first-order valence-corrected chi connectivity index (χ1v) is 12.0. The number of nitrogens with one attached hydrogen (secondary N) is 2. The first-order chi connectivity index (χ1) is 17.2. The van der Waals surface area contributed by atoms with Crippen LogP contribution in [-0.4, -0.2) is 73.9 Å². The number of likely N-dealkylation sites (tertiary alicyclic amines) is 1. The number of nitrogens with zero attached hydrogens (tertiary/aromatic N) is 3. The number of aryl methyl sites for hydroxylation is 2. The monoisotopic (exact) mass is 497 g/mol. The zero-order valence-electron chi connectivity index (χ0n) is 20.0. The fourth-order valence-electron chi connectivity index (χ4n) is 4.58. The Kier molecular flexibility index (Phi) is 6.25. The molecule has 3 aromatic rings. The molecule has 10 nitrogen and oxygen atoms in total. The quantitative estimate of drug-likeness (QED) is 0.410. The van der Waals surface area contributed by atoms with Crippen LogP contribution in [0, 0.1) is 25.6 Å². The normalized spacial score (nSPS) is 19.9. The summed E-state index contributed by atoms with van der Waals surface area (Å²) < 4.78 is 20.4. The fourth-order valence-corrected chi connectivity index (χ4v) is 4.58. The Morgan fingerprint density at radius 2 is 2.03 bits per heavy atom. The van der Waals surface area contributed by atoms with Crippen molar-refractivity contribution in [3.05, 3.63) is 41.1 Å². The average Bonchev–Trinajstić information content (AvgIpc) is 3.60. The van der Waals surface area contributed by atoms with Crippen LogP contribution in [0.5, 0.6) is 5.75 Å². The minimum Gasteiger partial charge on any atom is -0.492 e. The van der Waals surface area contributed by atoms with Crippen molar-refractivity contribution in [2.45, 2.75) is 45.3 Å². The van der Waals surface area contributed by atoms with Crippen molar-refractivity contribution in [2.24, 2.45) is 5.92 Å². The van der Waals surface area contributed by atoms with Gasteiger partial charge in [0.1, 0.15) is 29.1 Å². The van der Waals surface area contributed by atoms with Gasteiger partial charge in [0.2, 0.25) is 0 Å². The number of aromatic nitrogens is 3. The van der Waals surface area contributed by atoms with Gasteiger partial charge in [-0.15, -0.1) is 0 Å². The number of β-amino-alcohol motifs (C(OH)–C–C–N with tert-alkyl or cyclic N) is 1. The number of H-pyrrole nitrogens is 1. The molecular formula is C25H28FN5O5. The maximum atomic E-state index is 14.4. The summed E-state index contributed by atoms with van der Waals surface area (Å²) in [4.78, 5) is 37.5. The molecule has 1 aliphatic heterocycles. The van der Waals surface area contributed by atoms with E-state index in [0.29, 0.717) is 57.4 Å². The van der Waals surface area contributed by atoms with E-state index in [1.807, 2.05) is 0 Å². The Hall–Kier alpha value is -3.73. The van der Waals surface area contributed by atoms with Crippen molar-refractivity contribution in [1.29, 1.82) is 0 Å². The van der Waals surface area contributed by atoms with Crippen molar-refractivity contribution in [3.63, 3.8) is 0 Å². The number of hydrogen-bond donors (Lipinski definition) is 4. The SMILES string of the molecule is Cc1cc(-c2ncnc3c(C(=O)NC4CCN(C(=O)O)CC4O)c(C)[nH]c23)c(OCC2CC2)cc1F. The number of aliphatic hydroxyl groups excluding tert-OH is 1. The molecule has 1 saturated carbocycles. The third-order valence-corrected chi connectivity index (χ3v) is 6.85. The molecule has 2 aromatic heterocycles. The molecule has 2 unspecified atom stereocenters. The van der Waals surface area contributed by atoms with Crippen LogP contribution in [0.1, 0.15) is 40.9 Å². The van der Waals surface area contributed by atoms with Crippen LogP contribution in [0.3, 0.4) is 0 Å². The smallest absolute Gasteiger partial charge is 0.407 e. The molecule has 2 amide bonds. The summed E-state index contributed by atoms with van der Waals surface area (Å²) in [5.74, 6) is 0.0618. The summed E-state index contributed by atoms with van der Waals surface area (Å²) in [6.45, 7) is 4.05. The topological polar surface area (TPSA) is 141 Å². The van der Waals surface area contributed by atoms with Crippen LogP contribution in [-0.2, 0) is 0 Å². The van der Waals surface area contributed by atoms with Gasteiger partial charge in [-0.2, -0.15) is 0 Å². The van der Waals surface area contributed by atoms with Crippen LogP contribution in [0.4, 0.5) is 9.18 Å². The Morgan fingerprint density at radius 1 is 1.25 bits per heavy atom. The van der Waals surface area contributed by atoms with Gasteiger partial charge in [-0.25, -0.2) is 19.2 Å². The highest BCUT2D eigenvalue weighted by Crippen LogP contribution is 2.37. The first-order valence-electron chi connectivity index (χ1n) is 12.0. The molecule has 1 aliphatic carbocycles. The lowest BCUT2D eigenvalue weighted by Crippen LogP contribution is -2.55. The molecule has 2 fully saturated rings. The number of aliphatic hydroxyl groups is 1. The van der Waals surface area contributed by atoms with Gasteiger partial charge in [0.15, 0.2) is 0 Å². The number of piperidine rings is 1. The Morgan fingerprint density at radius 3 is 2.72 bits per heavy atom. The number of halogens is 1. The van der Waals surface area contributed by atoms with E-state index in [1.165, 1.54) is 12.4 Å². The van der Waals surface area contributed by atoms with E-state index in [2.05, 4.69) is 20.3 Å². The molecule has 1 aromatic carbocycles. The van der Waals surface area contributed by atoms with E-state index in [1.54, 1.807) is 19.9 Å². The van der Waals surface area contributed by atoms with Crippen LogP contribution >= 0.6 is 0 Å². The summed E-state index contributed by atoms with van der Waals surface area (Å²) >= 11 is 0. The minimum absolute atomic E-state index is 0.0764. The predicted octanol–water partition coefficient (Wildman–Crippen LogP) is 3.01. The summed E-state index contributed by atoms with van der Waals surface area (Å²) in [6.07, 6.45) is 1.71. The number of aromatic amines is 1. The van der Waals surface area contributed by atoms with Crippen molar-refractivity contribution >= 4 is 23.0 Å². The van der Waals surface area contributed by atoms with E-state index in [0.717, 1.165) is 17.7 Å². The highest BCUT2D eigenvalue weighted by Gasteiger charge is 2.32. The lowest BCUT2D eigenvalue weighted by molar-refractivity contribution is 0.0392. The fraction of sp³-hybridized carbons (Fsp3) is 0.440. The van der Waals surface area contributed by atoms with Crippen LogP contribution < -0.4 is 10.1 Å². The number of carbonyl (C=O) groups excluding carboxylic acids is 1. The van der Waals surface area contributed by atoms with Crippen molar-refractivity contribution in [3.8, 4) is 17.0 Å². The Balaban J connectivity index is 1.47. The van der Waals surface area contributed by atoms with E-state index < -0.39 is 24.1 Å². The summed E-state index contributed by atoms with van der Waals surface area (Å²) in [7, 11) is 0. The molecule has 1 saturated heterocycles. The second-order valence-corrected chi connectivity index (χ2v) is 9.59. The number of carbonyl (C=O) groups is 2. The highest BCUT2D eigenvalue weighted by molar-refractivity contribution is 6.09. The van der Waals surface area contributed by atoms with Gasteiger partial charge in [0, 0.05) is 23.9 Å². The molecule has 2 aliphatic rings. The zero-order chi connectivity index (χ0) is 25.6. The number of rotatable bonds is 6. The maximum Gasteiger partial charge on any atom is 0.407 e. The Labute approximate surface area is 206 Å². The van der Waals surface area contributed by atoms with Gasteiger partial charge >= 0.3 is 6.09 Å². The van der Waals surface area contributed by atoms with E-state index in [4.69, 9.17) is 9.84 Å². The number of fused-ring (bicyclic) bond motifs is 1. The summed E-state index contributed by atoms with van der Waals surface area (Å²) in [6, 6.07) is 2.46. The van der Waals surface area contributed by atoms with Gasteiger partial charge in [0.05, 0.1) is 36.4 Å². The van der Waals surface area contributed by atoms with E-state index >= 15 is 0 Å². The van der Waals surface area contributed by atoms with Crippen molar-refractivity contribution < 1.29 is 28.9 Å². The van der Waals surface area contributed by atoms with Crippen LogP contribution in [0.15, 0.2) is 18.5 Å². The summed E-state index contributed by atoms with van der Waals surface area (Å²) in [5, 5.41) is 22.4. The molecule has 0 radical (unpaired) electrons. The third-order valence-electron chi connectivity index (χ3n) is 6.85. The average molecular weight is 498 g/mol. The Bertz CT molecular complexity index is 1340. The molecule has 0 bridgehead atoms. The zero-order valence-corrected chi connectivity index (χ0v) is 20.0. The van der Waals surface area contributed by atoms with Gasteiger partial charge in [0.25, 0.3) is 5.91 Å². The maximum absolute atomic E-state index is 14.4. The standard InChI is InChI=1S/C25H28FN5O5/c1-12-7-15(19(8-16(12)26)36-10-14-3-4-14)21-23-22(28-11-27-21)20(13(2)29-23)24(33)30-17-5-6-31(25(34)35)9-18(17)32/h7-8,11,14,17-18,29,32H,3-6,9-10H2,1-2H3,(H,30,33)(H,34,35).